The number of hydrogen-bond donors (Lipinski definition) is 1. The Kier molecular flexibility index (Phi) is 3.01. The lowest BCUT2D eigenvalue weighted by molar-refractivity contribution is 0.417. The van der Waals surface area contributed by atoms with Crippen LogP contribution in [-0.4, -0.2) is 26.2 Å². The maximum absolute atomic E-state index is 4.10. The molecule has 1 aliphatic rings. The van der Waals surface area contributed by atoms with Crippen molar-refractivity contribution in [3.05, 3.63) is 5.32 Å². The zero-order valence-corrected chi connectivity index (χ0v) is 6.06. The minimum Gasteiger partial charge on any atom is -0.664 e. The Hall–Kier alpha value is -0.0800. The molecule has 1 atom stereocenters. The minimum absolute atomic E-state index is 0.684. The standard InChI is InChI=1S/C7H15N2/c1-8-6-7-4-2-3-5-9-7/h7,9H,2-6H2,1H3/q-1. The fraction of sp³-hybridized carbons (Fsp3) is 1.00. The number of piperidine rings is 1. The van der Waals surface area contributed by atoms with Gasteiger partial charge in [-0.05, 0) is 25.4 Å². The number of likely N-dealkylation sites (N-methyl/N-ethyl adjacent to an activating group) is 1. The Morgan fingerprint density at radius 1 is 1.56 bits per heavy atom. The summed E-state index contributed by atoms with van der Waals surface area (Å²) in [6.07, 6.45) is 4.05. The summed E-state index contributed by atoms with van der Waals surface area (Å²) in [7, 11) is 1.89. The molecule has 0 radical (unpaired) electrons. The molecule has 0 aromatic carbocycles. The van der Waals surface area contributed by atoms with E-state index < -0.39 is 0 Å². The Balaban J connectivity index is 2.08. The summed E-state index contributed by atoms with van der Waals surface area (Å²) < 4.78 is 0. The summed E-state index contributed by atoms with van der Waals surface area (Å²) >= 11 is 0. The summed E-state index contributed by atoms with van der Waals surface area (Å²) in [6.45, 7) is 2.19. The van der Waals surface area contributed by atoms with E-state index in [1.165, 1.54) is 25.8 Å². The largest absolute Gasteiger partial charge is 0.664 e. The molecule has 54 valence electrons. The van der Waals surface area contributed by atoms with Crippen molar-refractivity contribution in [2.24, 2.45) is 0 Å². The first-order valence-electron chi connectivity index (χ1n) is 3.72. The second-order valence-electron chi connectivity index (χ2n) is 2.65. The predicted octanol–water partition coefficient (Wildman–Crippen LogP) is 1.13. The molecule has 1 rings (SSSR count). The van der Waals surface area contributed by atoms with Gasteiger partial charge in [-0.1, -0.05) is 6.42 Å². The average Bonchev–Trinajstić information content (AvgIpc) is 1.91. The maximum Gasteiger partial charge on any atom is -0.00470 e. The van der Waals surface area contributed by atoms with E-state index in [1.54, 1.807) is 0 Å². The molecular formula is C7H15N2-. The van der Waals surface area contributed by atoms with E-state index in [0.717, 1.165) is 6.54 Å². The maximum atomic E-state index is 4.10. The van der Waals surface area contributed by atoms with Crippen LogP contribution in [0.2, 0.25) is 0 Å². The molecule has 1 aliphatic heterocycles. The summed E-state index contributed by atoms with van der Waals surface area (Å²) in [5, 5.41) is 7.52. The summed E-state index contributed by atoms with van der Waals surface area (Å²) in [4.78, 5) is 0. The first-order chi connectivity index (χ1) is 4.43. The third-order valence-electron chi connectivity index (χ3n) is 1.82. The highest BCUT2D eigenvalue weighted by molar-refractivity contribution is 4.83. The smallest absolute Gasteiger partial charge is 0.00470 e. The van der Waals surface area contributed by atoms with Crippen molar-refractivity contribution in [1.82, 2.24) is 5.32 Å². The molecule has 0 aromatic rings. The highest BCUT2D eigenvalue weighted by atomic mass is 15.0. The van der Waals surface area contributed by atoms with Gasteiger partial charge in [-0.15, -0.1) is 6.54 Å². The van der Waals surface area contributed by atoms with E-state index >= 15 is 0 Å². The van der Waals surface area contributed by atoms with Gasteiger partial charge >= 0.3 is 0 Å². The monoisotopic (exact) mass is 127 g/mol. The molecule has 2 nitrogen and oxygen atoms in total. The van der Waals surface area contributed by atoms with E-state index in [9.17, 15) is 0 Å². The summed E-state index contributed by atoms with van der Waals surface area (Å²) in [6, 6.07) is 0.684. The molecule has 1 heterocycles. The second kappa shape index (κ2) is 3.85. The molecule has 2 heteroatoms. The van der Waals surface area contributed by atoms with Crippen LogP contribution in [0.4, 0.5) is 0 Å². The van der Waals surface area contributed by atoms with Crippen LogP contribution in [0.25, 0.3) is 5.32 Å². The number of nitrogens with zero attached hydrogens (tertiary/aromatic N) is 1. The predicted molar refractivity (Wildman–Crippen MR) is 39.8 cm³/mol. The Morgan fingerprint density at radius 3 is 3.00 bits per heavy atom. The van der Waals surface area contributed by atoms with E-state index in [0.29, 0.717) is 6.04 Å². The topological polar surface area (TPSA) is 26.1 Å². The van der Waals surface area contributed by atoms with E-state index in [4.69, 9.17) is 0 Å². The lowest BCUT2D eigenvalue weighted by atomic mass is 10.1. The molecule has 0 bridgehead atoms. The highest BCUT2D eigenvalue weighted by Gasteiger charge is 2.06. The van der Waals surface area contributed by atoms with Crippen LogP contribution < -0.4 is 5.32 Å². The normalized spacial score (nSPS) is 28.3. The Labute approximate surface area is 57.0 Å². The molecule has 0 spiro atoms. The van der Waals surface area contributed by atoms with Crippen molar-refractivity contribution in [2.75, 3.05) is 20.1 Å². The van der Waals surface area contributed by atoms with E-state index in [2.05, 4.69) is 10.6 Å². The zero-order valence-electron chi connectivity index (χ0n) is 6.06. The van der Waals surface area contributed by atoms with Gasteiger partial charge in [0.2, 0.25) is 0 Å². The van der Waals surface area contributed by atoms with Crippen LogP contribution in [0, 0.1) is 0 Å². The van der Waals surface area contributed by atoms with Gasteiger partial charge in [-0.2, -0.15) is 7.05 Å². The highest BCUT2D eigenvalue weighted by Crippen LogP contribution is 2.07. The van der Waals surface area contributed by atoms with Gasteiger partial charge in [-0.3, -0.25) is 0 Å². The van der Waals surface area contributed by atoms with Gasteiger partial charge in [0.25, 0.3) is 0 Å². The van der Waals surface area contributed by atoms with Crippen LogP contribution in [0.1, 0.15) is 19.3 Å². The lowest BCUT2D eigenvalue weighted by Crippen LogP contribution is -2.36. The van der Waals surface area contributed by atoms with E-state index in [-0.39, 0.29) is 0 Å². The average molecular weight is 127 g/mol. The molecular weight excluding hydrogens is 112 g/mol. The molecule has 1 saturated heterocycles. The van der Waals surface area contributed by atoms with Gasteiger partial charge in [0, 0.05) is 0 Å². The van der Waals surface area contributed by atoms with Crippen molar-refractivity contribution in [3.63, 3.8) is 0 Å². The van der Waals surface area contributed by atoms with Crippen LogP contribution in [-0.2, 0) is 0 Å². The zero-order chi connectivity index (χ0) is 6.53. The minimum atomic E-state index is 0.684. The third kappa shape index (κ3) is 2.33. The fourth-order valence-electron chi connectivity index (χ4n) is 1.30. The summed E-state index contributed by atoms with van der Waals surface area (Å²) in [5.41, 5.74) is 0. The molecule has 1 N–H and O–H groups in total. The van der Waals surface area contributed by atoms with Gasteiger partial charge in [-0.25, -0.2) is 0 Å². The third-order valence-corrected chi connectivity index (χ3v) is 1.82. The Morgan fingerprint density at radius 2 is 2.44 bits per heavy atom. The molecule has 0 aliphatic carbocycles. The van der Waals surface area contributed by atoms with Crippen molar-refractivity contribution < 1.29 is 0 Å². The summed E-state index contributed by atoms with van der Waals surface area (Å²) in [5.74, 6) is 0. The fourth-order valence-corrected chi connectivity index (χ4v) is 1.30. The number of nitrogens with one attached hydrogen (secondary N) is 1. The van der Waals surface area contributed by atoms with Gasteiger partial charge in [0.1, 0.15) is 0 Å². The first-order valence-corrected chi connectivity index (χ1v) is 3.72. The molecule has 0 aromatic heterocycles. The molecule has 1 unspecified atom stereocenters. The van der Waals surface area contributed by atoms with Gasteiger partial charge < -0.3 is 10.6 Å². The second-order valence-corrected chi connectivity index (χ2v) is 2.65. The number of rotatable bonds is 2. The van der Waals surface area contributed by atoms with Gasteiger partial charge in [0.15, 0.2) is 0 Å². The first kappa shape index (κ1) is 7.03. The molecule has 0 amide bonds. The van der Waals surface area contributed by atoms with Crippen LogP contribution in [0.5, 0.6) is 0 Å². The lowest BCUT2D eigenvalue weighted by Gasteiger charge is -2.28. The molecule has 1 fully saturated rings. The van der Waals surface area contributed by atoms with E-state index in [1.807, 2.05) is 7.05 Å². The molecule has 0 saturated carbocycles. The Bertz CT molecular complexity index is 64.6. The van der Waals surface area contributed by atoms with Crippen LogP contribution in [0.3, 0.4) is 0 Å². The van der Waals surface area contributed by atoms with Crippen molar-refractivity contribution in [1.29, 1.82) is 0 Å². The van der Waals surface area contributed by atoms with Crippen molar-refractivity contribution in [2.45, 2.75) is 25.3 Å². The quantitative estimate of drug-likeness (QED) is 0.591. The molecule has 9 heavy (non-hydrogen) atoms. The number of hydrogen-bond acceptors (Lipinski definition) is 1. The SMILES string of the molecule is C[N-]CC1CCCCN1. The van der Waals surface area contributed by atoms with Crippen LogP contribution in [0.15, 0.2) is 0 Å². The van der Waals surface area contributed by atoms with Crippen LogP contribution >= 0.6 is 0 Å². The van der Waals surface area contributed by atoms with Crippen molar-refractivity contribution in [3.8, 4) is 0 Å². The van der Waals surface area contributed by atoms with Gasteiger partial charge in [0.05, 0.1) is 0 Å². The van der Waals surface area contributed by atoms with Crippen molar-refractivity contribution >= 4 is 0 Å².